The van der Waals surface area contributed by atoms with Gasteiger partial charge in [-0.15, -0.1) is 10.2 Å². The fourth-order valence-electron chi connectivity index (χ4n) is 4.32. The Bertz CT molecular complexity index is 909. The van der Waals surface area contributed by atoms with Crippen LogP contribution in [0.1, 0.15) is 47.7 Å². The molecule has 1 aliphatic carbocycles. The molecule has 0 amide bonds. The molecule has 1 fully saturated rings. The molecule has 5 rings (SSSR count). The van der Waals surface area contributed by atoms with Crippen LogP contribution in [0.15, 0.2) is 18.2 Å². The van der Waals surface area contributed by atoms with Crippen LogP contribution in [0.5, 0.6) is 0 Å². The van der Waals surface area contributed by atoms with Crippen molar-refractivity contribution in [2.24, 2.45) is 0 Å². The molecule has 0 radical (unpaired) electrons. The fraction of sp³-hybridized carbons (Fsp3) is 0.474. The van der Waals surface area contributed by atoms with Crippen LogP contribution >= 0.6 is 0 Å². The van der Waals surface area contributed by atoms with E-state index in [1.807, 2.05) is 0 Å². The number of aromatic nitrogens is 5. The zero-order valence-corrected chi connectivity index (χ0v) is 14.5. The van der Waals surface area contributed by atoms with Gasteiger partial charge in [-0.1, -0.05) is 5.21 Å². The van der Waals surface area contributed by atoms with Crippen LogP contribution in [-0.4, -0.2) is 38.7 Å². The molecule has 0 bridgehead atoms. The Morgan fingerprint density at radius 2 is 1.88 bits per heavy atom. The first-order valence-electron chi connectivity index (χ1n) is 9.19. The van der Waals surface area contributed by atoms with Crippen LogP contribution in [0, 0.1) is 6.92 Å². The number of nitrogens with one attached hydrogen (secondary N) is 1. The van der Waals surface area contributed by atoms with E-state index < -0.39 is 0 Å². The quantitative estimate of drug-likeness (QED) is 0.780. The highest BCUT2D eigenvalue weighted by Crippen LogP contribution is 2.32. The average molecular weight is 334 g/mol. The van der Waals surface area contributed by atoms with Crippen molar-refractivity contribution in [3.63, 3.8) is 0 Å². The number of rotatable bonds is 2. The Morgan fingerprint density at radius 1 is 1.08 bits per heavy atom. The lowest BCUT2D eigenvalue weighted by atomic mass is 9.96. The number of nitrogens with zero attached hydrogens (tertiary/aromatic N) is 5. The van der Waals surface area contributed by atoms with Crippen molar-refractivity contribution in [1.82, 2.24) is 25.6 Å². The maximum absolute atomic E-state index is 5.00. The highest BCUT2D eigenvalue weighted by molar-refractivity contribution is 5.85. The lowest BCUT2D eigenvalue weighted by molar-refractivity contribution is 0.484. The van der Waals surface area contributed by atoms with Gasteiger partial charge in [-0.25, -0.2) is 4.98 Å². The van der Waals surface area contributed by atoms with E-state index in [1.165, 1.54) is 41.3 Å². The van der Waals surface area contributed by atoms with Gasteiger partial charge < -0.3 is 4.90 Å². The van der Waals surface area contributed by atoms with Crippen LogP contribution in [-0.2, 0) is 12.8 Å². The highest BCUT2D eigenvalue weighted by Gasteiger charge is 2.25. The van der Waals surface area contributed by atoms with Crippen LogP contribution in [0.4, 0.5) is 5.82 Å². The van der Waals surface area contributed by atoms with Gasteiger partial charge in [0.1, 0.15) is 5.82 Å². The van der Waals surface area contributed by atoms with E-state index in [9.17, 15) is 0 Å². The summed E-state index contributed by atoms with van der Waals surface area (Å²) in [5.41, 5.74) is 5.49. The number of hydrogen-bond acceptors (Lipinski definition) is 5. The molecule has 25 heavy (non-hydrogen) atoms. The van der Waals surface area contributed by atoms with Crippen molar-refractivity contribution in [2.75, 3.05) is 18.0 Å². The second-order valence-corrected chi connectivity index (χ2v) is 7.32. The highest BCUT2D eigenvalue weighted by atomic mass is 15.5. The van der Waals surface area contributed by atoms with Gasteiger partial charge in [0.2, 0.25) is 0 Å². The summed E-state index contributed by atoms with van der Waals surface area (Å²) in [5.74, 6) is 2.35. The minimum absolute atomic E-state index is 0.403. The molecular weight excluding hydrogens is 312 g/mol. The van der Waals surface area contributed by atoms with Crippen molar-refractivity contribution in [3.8, 4) is 0 Å². The Hall–Kier alpha value is -2.50. The molecule has 1 saturated heterocycles. The lowest BCUT2D eigenvalue weighted by Gasteiger charge is -2.32. The second kappa shape index (κ2) is 5.79. The molecule has 6 nitrogen and oxygen atoms in total. The predicted molar refractivity (Wildman–Crippen MR) is 96.9 cm³/mol. The van der Waals surface area contributed by atoms with Crippen molar-refractivity contribution in [3.05, 3.63) is 40.7 Å². The van der Waals surface area contributed by atoms with Crippen molar-refractivity contribution in [2.45, 2.75) is 44.9 Å². The minimum atomic E-state index is 0.403. The summed E-state index contributed by atoms with van der Waals surface area (Å²) in [4.78, 5) is 7.40. The van der Waals surface area contributed by atoms with Crippen LogP contribution in [0.25, 0.3) is 10.9 Å². The first-order chi connectivity index (χ1) is 12.3. The van der Waals surface area contributed by atoms with Gasteiger partial charge in [0.15, 0.2) is 5.82 Å². The number of anilines is 1. The summed E-state index contributed by atoms with van der Waals surface area (Å²) in [6, 6.07) is 6.94. The molecular formula is C19H22N6. The molecule has 1 aromatic carbocycles. The van der Waals surface area contributed by atoms with Gasteiger partial charge >= 0.3 is 0 Å². The van der Waals surface area contributed by atoms with Gasteiger partial charge in [-0.3, -0.25) is 0 Å². The van der Waals surface area contributed by atoms with Gasteiger partial charge in [0, 0.05) is 24.4 Å². The monoisotopic (exact) mass is 334 g/mol. The molecule has 0 spiro atoms. The summed E-state index contributed by atoms with van der Waals surface area (Å²) in [5, 5.41) is 15.8. The van der Waals surface area contributed by atoms with Crippen molar-refractivity contribution in [1.29, 1.82) is 0 Å². The smallest absolute Gasteiger partial charge is 0.177 e. The first kappa shape index (κ1) is 14.8. The number of tetrazole rings is 1. The molecule has 2 aromatic heterocycles. The molecule has 3 aromatic rings. The maximum Gasteiger partial charge on any atom is 0.177 e. The first-order valence-corrected chi connectivity index (χ1v) is 9.19. The largest absolute Gasteiger partial charge is 0.357 e. The van der Waals surface area contributed by atoms with Crippen molar-refractivity contribution < 1.29 is 0 Å². The van der Waals surface area contributed by atoms with E-state index in [1.54, 1.807) is 0 Å². The van der Waals surface area contributed by atoms with Gasteiger partial charge in [0.05, 0.1) is 5.52 Å². The minimum Gasteiger partial charge on any atom is -0.357 e. The number of benzene rings is 1. The molecule has 1 N–H and O–H groups in total. The van der Waals surface area contributed by atoms with Gasteiger partial charge in [0.25, 0.3) is 0 Å². The third-order valence-corrected chi connectivity index (χ3v) is 5.76. The number of aryl methyl sites for hydroxylation is 3. The van der Waals surface area contributed by atoms with E-state index >= 15 is 0 Å². The van der Waals surface area contributed by atoms with Crippen LogP contribution in [0.2, 0.25) is 0 Å². The number of piperidine rings is 1. The SMILES string of the molecule is Cc1cc(N2CCC(c3nn[nH]n3)CC2)nc2cc3c(cc12)CCC3. The lowest BCUT2D eigenvalue weighted by Crippen LogP contribution is -2.33. The van der Waals surface area contributed by atoms with Gasteiger partial charge in [-0.05, 0) is 73.9 Å². The Balaban J connectivity index is 1.43. The molecule has 2 aliphatic rings. The molecule has 0 atom stereocenters. The molecule has 1 aliphatic heterocycles. The van der Waals surface area contributed by atoms with Crippen LogP contribution < -0.4 is 4.90 Å². The number of H-pyrrole nitrogens is 1. The second-order valence-electron chi connectivity index (χ2n) is 7.32. The average Bonchev–Trinajstić information content (AvgIpc) is 3.32. The number of pyridine rings is 1. The van der Waals surface area contributed by atoms with Gasteiger partial charge in [-0.2, -0.15) is 5.21 Å². The molecule has 128 valence electrons. The Labute approximate surface area is 146 Å². The topological polar surface area (TPSA) is 70.6 Å². The van der Waals surface area contributed by atoms with E-state index in [2.05, 4.69) is 50.6 Å². The molecule has 0 unspecified atom stereocenters. The zero-order valence-electron chi connectivity index (χ0n) is 14.5. The Morgan fingerprint density at radius 3 is 2.64 bits per heavy atom. The standard InChI is InChI=1S/C19H22N6/c1-12-9-18(20-17-11-15-4-2-3-14(15)10-16(12)17)25-7-5-13(6-8-25)19-21-23-24-22-19/h9-11,13H,2-8H2,1H3,(H,21,22,23,24). The molecule has 3 heterocycles. The zero-order chi connectivity index (χ0) is 16.8. The molecule has 0 saturated carbocycles. The third kappa shape index (κ3) is 2.56. The van der Waals surface area contributed by atoms with Crippen LogP contribution in [0.3, 0.4) is 0 Å². The maximum atomic E-state index is 5.00. The van der Waals surface area contributed by atoms with E-state index in [4.69, 9.17) is 4.98 Å². The predicted octanol–water partition coefficient (Wildman–Crippen LogP) is 2.93. The Kier molecular flexibility index (Phi) is 3.43. The number of fused-ring (bicyclic) bond motifs is 2. The number of hydrogen-bond donors (Lipinski definition) is 1. The van der Waals surface area contributed by atoms with E-state index in [-0.39, 0.29) is 0 Å². The molecule has 6 heteroatoms. The summed E-state index contributed by atoms with van der Waals surface area (Å²) in [7, 11) is 0. The van der Waals surface area contributed by atoms with Crippen molar-refractivity contribution >= 4 is 16.7 Å². The summed E-state index contributed by atoms with van der Waals surface area (Å²) in [6.07, 6.45) is 5.79. The summed E-state index contributed by atoms with van der Waals surface area (Å²) >= 11 is 0. The normalized spacial score (nSPS) is 18.0. The van der Waals surface area contributed by atoms with E-state index in [0.717, 1.165) is 43.1 Å². The summed E-state index contributed by atoms with van der Waals surface area (Å²) < 4.78 is 0. The van der Waals surface area contributed by atoms with E-state index in [0.29, 0.717) is 5.92 Å². The third-order valence-electron chi connectivity index (χ3n) is 5.76. The fourth-order valence-corrected chi connectivity index (χ4v) is 4.32. The summed E-state index contributed by atoms with van der Waals surface area (Å²) in [6.45, 7) is 4.19. The number of aromatic amines is 1.